The molecule has 0 bridgehead atoms. The summed E-state index contributed by atoms with van der Waals surface area (Å²) in [7, 11) is 0. The van der Waals surface area contributed by atoms with Gasteiger partial charge in [0.05, 0.1) is 19.3 Å². The van der Waals surface area contributed by atoms with Crippen molar-refractivity contribution in [2.75, 3.05) is 45.9 Å². The number of carbonyl (C=O) groups excluding carboxylic acids is 1. The molecule has 0 unspecified atom stereocenters. The van der Waals surface area contributed by atoms with E-state index in [0.29, 0.717) is 13.1 Å². The Bertz CT molecular complexity index is 1380. The molecule has 0 saturated carbocycles. The molecule has 42 heavy (non-hydrogen) atoms. The molecule has 0 spiro atoms. The Labute approximate surface area is 250 Å². The van der Waals surface area contributed by atoms with Crippen LogP contribution in [0, 0.1) is 0 Å². The van der Waals surface area contributed by atoms with Crippen molar-refractivity contribution in [1.82, 2.24) is 20.4 Å². The molecule has 1 aliphatic heterocycles. The van der Waals surface area contributed by atoms with Gasteiger partial charge in [0.2, 0.25) is 0 Å². The topological polar surface area (TPSA) is 56.8 Å². The molecular formula is C36H44N4O2. The van der Waals surface area contributed by atoms with Crippen LogP contribution in [0.3, 0.4) is 0 Å². The minimum atomic E-state index is -0.101. The lowest BCUT2D eigenvalue weighted by Crippen LogP contribution is -2.43. The summed E-state index contributed by atoms with van der Waals surface area (Å²) in [6.45, 7) is 9.66. The quantitative estimate of drug-likeness (QED) is 0.191. The minimum Gasteiger partial charge on any atom is -0.379 e. The van der Waals surface area contributed by atoms with E-state index in [1.54, 1.807) is 0 Å². The van der Waals surface area contributed by atoms with Crippen molar-refractivity contribution in [3.8, 4) is 0 Å². The highest BCUT2D eigenvalue weighted by atomic mass is 16.5. The van der Waals surface area contributed by atoms with Crippen molar-refractivity contribution in [3.05, 3.63) is 119 Å². The monoisotopic (exact) mass is 564 g/mol. The minimum absolute atomic E-state index is 0.0217. The van der Waals surface area contributed by atoms with Gasteiger partial charge >= 0.3 is 6.03 Å². The number of hydrogen-bond donors (Lipinski definition) is 2. The Hall–Kier alpha value is -3.71. The first-order chi connectivity index (χ1) is 20.7. The average Bonchev–Trinajstić information content (AvgIpc) is 3.04. The molecule has 5 rings (SSSR count). The number of urea groups is 1. The number of amides is 2. The lowest BCUT2D eigenvalue weighted by molar-refractivity contribution is 0.0364. The second kappa shape index (κ2) is 15.5. The molecule has 6 nitrogen and oxygen atoms in total. The van der Waals surface area contributed by atoms with Gasteiger partial charge in [-0.2, -0.15) is 0 Å². The van der Waals surface area contributed by atoms with Crippen LogP contribution in [0.5, 0.6) is 0 Å². The number of carbonyl (C=O) groups is 1. The number of hydrogen-bond acceptors (Lipinski definition) is 4. The molecule has 0 aromatic heterocycles. The molecule has 0 aliphatic carbocycles. The van der Waals surface area contributed by atoms with Gasteiger partial charge in [-0.3, -0.25) is 4.90 Å². The lowest BCUT2D eigenvalue weighted by atomic mass is 10.00. The largest absolute Gasteiger partial charge is 0.379 e. The third-order valence-electron chi connectivity index (χ3n) is 8.08. The van der Waals surface area contributed by atoms with Gasteiger partial charge in [-0.05, 0) is 59.3 Å². The van der Waals surface area contributed by atoms with Crippen molar-refractivity contribution < 1.29 is 9.53 Å². The zero-order chi connectivity index (χ0) is 29.0. The van der Waals surface area contributed by atoms with Crippen LogP contribution in [0.25, 0.3) is 10.8 Å². The predicted molar refractivity (Wildman–Crippen MR) is 171 cm³/mol. The van der Waals surface area contributed by atoms with E-state index in [4.69, 9.17) is 4.74 Å². The number of nitrogens with one attached hydrogen (secondary N) is 2. The first-order valence-corrected chi connectivity index (χ1v) is 15.3. The van der Waals surface area contributed by atoms with E-state index in [0.717, 1.165) is 69.9 Å². The summed E-state index contributed by atoms with van der Waals surface area (Å²) in [5.74, 6) is 0. The molecule has 1 atom stereocenters. The smallest absolute Gasteiger partial charge is 0.318 e. The summed E-state index contributed by atoms with van der Waals surface area (Å²) in [6.07, 6.45) is 1.90. The Morgan fingerprint density at radius 3 is 2.38 bits per heavy atom. The molecule has 4 aromatic rings. The number of fused-ring (bicyclic) bond motifs is 1. The molecule has 1 heterocycles. The van der Waals surface area contributed by atoms with Crippen LogP contribution in [0.4, 0.5) is 4.79 Å². The molecule has 4 aromatic carbocycles. The van der Waals surface area contributed by atoms with Gasteiger partial charge in [0.1, 0.15) is 0 Å². The highest BCUT2D eigenvalue weighted by Gasteiger charge is 2.19. The first-order valence-electron chi connectivity index (χ1n) is 15.3. The van der Waals surface area contributed by atoms with Crippen LogP contribution in [0.1, 0.15) is 41.6 Å². The van der Waals surface area contributed by atoms with E-state index in [1.165, 1.54) is 21.9 Å². The normalized spacial score (nSPS) is 14.5. The van der Waals surface area contributed by atoms with Gasteiger partial charge < -0.3 is 20.3 Å². The maximum atomic E-state index is 13.7. The fraction of sp³-hybridized carbons (Fsp3) is 0.361. The Morgan fingerprint density at radius 2 is 1.57 bits per heavy atom. The Morgan fingerprint density at radius 1 is 0.857 bits per heavy atom. The van der Waals surface area contributed by atoms with Gasteiger partial charge in [0.25, 0.3) is 0 Å². The predicted octanol–water partition coefficient (Wildman–Crippen LogP) is 6.17. The molecule has 1 aliphatic rings. The Kier molecular flexibility index (Phi) is 11.0. The maximum absolute atomic E-state index is 13.7. The van der Waals surface area contributed by atoms with Crippen LogP contribution in [0.2, 0.25) is 0 Å². The zero-order valence-electron chi connectivity index (χ0n) is 24.8. The molecule has 2 N–H and O–H groups in total. The van der Waals surface area contributed by atoms with Gasteiger partial charge in [0, 0.05) is 39.3 Å². The summed E-state index contributed by atoms with van der Waals surface area (Å²) in [6, 6.07) is 33.8. The van der Waals surface area contributed by atoms with Gasteiger partial charge in [-0.1, -0.05) is 97.1 Å². The third kappa shape index (κ3) is 8.65. The number of nitrogens with zero attached hydrogens (tertiary/aromatic N) is 2. The molecule has 1 fully saturated rings. The lowest BCUT2D eigenvalue weighted by Gasteiger charge is -2.29. The van der Waals surface area contributed by atoms with Crippen molar-refractivity contribution in [2.24, 2.45) is 0 Å². The SMILES string of the molecule is C[C@H](NC(=O)N(CCCN1CCOCC1)Cc1ccc(CCNCc2ccccc2)cc1)c1cccc2ccccc12. The molecule has 6 heteroatoms. The fourth-order valence-corrected chi connectivity index (χ4v) is 5.64. The first kappa shape index (κ1) is 29.8. The number of morpholine rings is 1. The second-order valence-corrected chi connectivity index (χ2v) is 11.2. The van der Waals surface area contributed by atoms with Gasteiger partial charge in [-0.15, -0.1) is 0 Å². The van der Waals surface area contributed by atoms with E-state index in [-0.39, 0.29) is 12.1 Å². The summed E-state index contributed by atoms with van der Waals surface area (Å²) in [5, 5.41) is 9.20. The van der Waals surface area contributed by atoms with Crippen LogP contribution in [-0.2, 0) is 24.2 Å². The average molecular weight is 565 g/mol. The molecule has 2 amide bonds. The molecule has 1 saturated heterocycles. The van der Waals surface area contributed by atoms with E-state index in [1.807, 2.05) is 11.0 Å². The van der Waals surface area contributed by atoms with Gasteiger partial charge in [-0.25, -0.2) is 4.79 Å². The van der Waals surface area contributed by atoms with Crippen LogP contribution >= 0.6 is 0 Å². The highest BCUT2D eigenvalue weighted by molar-refractivity contribution is 5.86. The molecule has 220 valence electrons. The zero-order valence-corrected chi connectivity index (χ0v) is 24.8. The standard InChI is InChI=1S/C36H44N4O2/c1-29(34-14-7-12-33-11-5-6-13-35(33)34)38-36(41)40(22-8-21-39-23-25-42-26-24-39)28-32-17-15-30(16-18-32)19-20-37-27-31-9-3-2-4-10-31/h2-7,9-18,29,37H,8,19-28H2,1H3,(H,38,41)/t29-/m0/s1. The van der Waals surface area contributed by atoms with Crippen molar-refractivity contribution in [3.63, 3.8) is 0 Å². The van der Waals surface area contributed by atoms with E-state index in [2.05, 4.69) is 113 Å². The van der Waals surface area contributed by atoms with Crippen LogP contribution < -0.4 is 10.6 Å². The van der Waals surface area contributed by atoms with E-state index < -0.39 is 0 Å². The summed E-state index contributed by atoms with van der Waals surface area (Å²) in [5.41, 5.74) is 4.89. The third-order valence-corrected chi connectivity index (χ3v) is 8.08. The highest BCUT2D eigenvalue weighted by Crippen LogP contribution is 2.24. The van der Waals surface area contributed by atoms with Gasteiger partial charge in [0.15, 0.2) is 0 Å². The number of benzene rings is 4. The second-order valence-electron chi connectivity index (χ2n) is 11.2. The van der Waals surface area contributed by atoms with E-state index >= 15 is 0 Å². The fourth-order valence-electron chi connectivity index (χ4n) is 5.64. The summed E-state index contributed by atoms with van der Waals surface area (Å²) >= 11 is 0. The number of ether oxygens (including phenoxy) is 1. The van der Waals surface area contributed by atoms with Crippen molar-refractivity contribution in [1.29, 1.82) is 0 Å². The molecule has 0 radical (unpaired) electrons. The number of rotatable bonds is 13. The van der Waals surface area contributed by atoms with Crippen molar-refractivity contribution >= 4 is 16.8 Å². The molecular weight excluding hydrogens is 520 g/mol. The van der Waals surface area contributed by atoms with Crippen LogP contribution in [0.15, 0.2) is 97.1 Å². The summed E-state index contributed by atoms with van der Waals surface area (Å²) < 4.78 is 5.50. The summed E-state index contributed by atoms with van der Waals surface area (Å²) in [4.78, 5) is 18.1. The Balaban J connectivity index is 1.19. The maximum Gasteiger partial charge on any atom is 0.318 e. The van der Waals surface area contributed by atoms with E-state index in [9.17, 15) is 4.79 Å². The van der Waals surface area contributed by atoms with Crippen LogP contribution in [-0.4, -0.2) is 61.8 Å². The van der Waals surface area contributed by atoms with Crippen molar-refractivity contribution in [2.45, 2.75) is 38.9 Å².